The molecule has 0 radical (unpaired) electrons. The molecule has 0 fully saturated rings. The van der Waals surface area contributed by atoms with E-state index in [0.717, 1.165) is 67.0 Å². The lowest BCUT2D eigenvalue weighted by atomic mass is 10.1. The predicted octanol–water partition coefficient (Wildman–Crippen LogP) is 4.67. The number of rotatable bonds is 13. The van der Waals surface area contributed by atoms with Crippen LogP contribution in [0.3, 0.4) is 0 Å². The number of nitrogens with one attached hydrogen (secondary N) is 3. The van der Waals surface area contributed by atoms with Crippen LogP contribution in [-0.4, -0.2) is 45.2 Å². The number of carboxylic acids is 1. The fraction of sp³-hybridized carbons (Fsp3) is 0.357. The van der Waals surface area contributed by atoms with Crippen molar-refractivity contribution in [2.45, 2.75) is 51.0 Å². The van der Waals surface area contributed by atoms with E-state index in [4.69, 9.17) is 4.98 Å². The second kappa shape index (κ2) is 12.7. The Morgan fingerprint density at radius 3 is 2.67 bits per heavy atom. The van der Waals surface area contributed by atoms with Crippen molar-refractivity contribution in [1.29, 1.82) is 0 Å². The van der Waals surface area contributed by atoms with Gasteiger partial charge in [-0.05, 0) is 62.1 Å². The van der Waals surface area contributed by atoms with E-state index in [2.05, 4.69) is 44.6 Å². The molecule has 0 amide bonds. The summed E-state index contributed by atoms with van der Waals surface area (Å²) >= 11 is 0. The van der Waals surface area contributed by atoms with Gasteiger partial charge in [-0.25, -0.2) is 19.7 Å². The van der Waals surface area contributed by atoms with Gasteiger partial charge in [0.15, 0.2) is 0 Å². The third-order valence-corrected chi connectivity index (χ3v) is 6.28. The zero-order chi connectivity index (χ0) is 25.2. The van der Waals surface area contributed by atoms with Crippen LogP contribution in [0.15, 0.2) is 67.1 Å². The molecule has 1 aromatic carbocycles. The molecule has 0 saturated carbocycles. The maximum absolute atomic E-state index is 11.7. The Balaban J connectivity index is 1.15. The van der Waals surface area contributed by atoms with Crippen LogP contribution in [0.2, 0.25) is 0 Å². The van der Waals surface area contributed by atoms with E-state index in [0.29, 0.717) is 18.9 Å². The summed E-state index contributed by atoms with van der Waals surface area (Å²) < 4.78 is 0. The quantitative estimate of drug-likeness (QED) is 0.258. The number of hydrogen-bond donors (Lipinski definition) is 4. The number of fused-ring (bicyclic) bond motifs is 1. The van der Waals surface area contributed by atoms with Crippen molar-refractivity contribution in [3.05, 3.63) is 78.4 Å². The molecule has 8 heteroatoms. The second-order valence-electron chi connectivity index (χ2n) is 9.06. The lowest BCUT2D eigenvalue weighted by Crippen LogP contribution is -2.33. The van der Waals surface area contributed by atoms with Crippen LogP contribution in [0.5, 0.6) is 0 Å². The highest BCUT2D eigenvalue weighted by atomic mass is 16.4. The Morgan fingerprint density at radius 2 is 1.89 bits per heavy atom. The number of allylic oxidation sites excluding steroid dienone is 1. The topological polar surface area (TPSA) is 112 Å². The first-order valence-corrected chi connectivity index (χ1v) is 12.6. The Kier molecular flexibility index (Phi) is 8.86. The third-order valence-electron chi connectivity index (χ3n) is 6.28. The minimum atomic E-state index is -0.940. The predicted molar refractivity (Wildman–Crippen MR) is 143 cm³/mol. The molecule has 1 atom stereocenters. The highest BCUT2D eigenvalue weighted by molar-refractivity contribution is 5.76. The van der Waals surface area contributed by atoms with E-state index < -0.39 is 12.0 Å². The molecule has 0 saturated heterocycles. The van der Waals surface area contributed by atoms with Crippen molar-refractivity contribution in [3.8, 4) is 11.1 Å². The third kappa shape index (κ3) is 7.28. The van der Waals surface area contributed by atoms with Gasteiger partial charge in [0, 0.05) is 42.4 Å². The van der Waals surface area contributed by atoms with Crippen LogP contribution in [0.1, 0.15) is 43.4 Å². The van der Waals surface area contributed by atoms with Gasteiger partial charge < -0.3 is 21.1 Å². The van der Waals surface area contributed by atoms with Crippen molar-refractivity contribution in [1.82, 2.24) is 20.3 Å². The number of benzene rings is 1. The van der Waals surface area contributed by atoms with Gasteiger partial charge in [0.05, 0.1) is 0 Å². The van der Waals surface area contributed by atoms with Crippen LogP contribution in [0.4, 0.5) is 11.8 Å². The molecule has 0 unspecified atom stereocenters. The molecule has 36 heavy (non-hydrogen) atoms. The normalized spacial score (nSPS) is 13.2. The van der Waals surface area contributed by atoms with E-state index in [1.807, 2.05) is 30.3 Å². The number of anilines is 2. The molecule has 0 aliphatic carbocycles. The van der Waals surface area contributed by atoms with Crippen LogP contribution in [0.25, 0.3) is 11.1 Å². The monoisotopic (exact) mass is 486 g/mol. The molecule has 3 aromatic rings. The molecule has 4 N–H and O–H groups in total. The lowest BCUT2D eigenvalue weighted by molar-refractivity contribution is -0.138. The van der Waals surface area contributed by atoms with Crippen LogP contribution >= 0.6 is 0 Å². The number of aryl methyl sites for hydroxylation is 2. The minimum absolute atomic E-state index is 0.298. The molecule has 0 bridgehead atoms. The largest absolute Gasteiger partial charge is 0.480 e. The molecule has 2 aromatic heterocycles. The van der Waals surface area contributed by atoms with E-state index >= 15 is 0 Å². The number of pyridine rings is 1. The van der Waals surface area contributed by atoms with Crippen molar-refractivity contribution >= 4 is 17.7 Å². The first kappa shape index (κ1) is 25.2. The lowest BCUT2D eigenvalue weighted by Gasteiger charge is -2.17. The van der Waals surface area contributed by atoms with Crippen LogP contribution in [-0.2, 0) is 17.6 Å². The summed E-state index contributed by atoms with van der Waals surface area (Å²) in [6.07, 6.45) is 9.86. The van der Waals surface area contributed by atoms with E-state index in [1.165, 1.54) is 12.0 Å². The first-order chi connectivity index (χ1) is 17.6. The summed E-state index contributed by atoms with van der Waals surface area (Å²) in [6.45, 7) is 5.60. The van der Waals surface area contributed by atoms with Gasteiger partial charge in [0.2, 0.25) is 5.95 Å². The Labute approximate surface area is 212 Å². The summed E-state index contributed by atoms with van der Waals surface area (Å²) in [5.74, 6) is 0.404. The summed E-state index contributed by atoms with van der Waals surface area (Å²) in [7, 11) is 0. The van der Waals surface area contributed by atoms with Crippen molar-refractivity contribution < 1.29 is 9.90 Å². The number of aromatic nitrogens is 3. The zero-order valence-electron chi connectivity index (χ0n) is 20.5. The van der Waals surface area contributed by atoms with Gasteiger partial charge in [-0.2, -0.15) is 0 Å². The van der Waals surface area contributed by atoms with Gasteiger partial charge in [-0.3, -0.25) is 0 Å². The van der Waals surface area contributed by atoms with Crippen molar-refractivity contribution in [2.75, 3.05) is 23.7 Å². The summed E-state index contributed by atoms with van der Waals surface area (Å²) in [4.78, 5) is 25.0. The molecule has 8 nitrogen and oxygen atoms in total. The maximum atomic E-state index is 11.7. The number of nitrogens with zero attached hydrogens (tertiary/aromatic N) is 3. The average Bonchev–Trinajstić information content (AvgIpc) is 2.91. The fourth-order valence-electron chi connectivity index (χ4n) is 4.23. The van der Waals surface area contributed by atoms with Gasteiger partial charge in [0.1, 0.15) is 11.9 Å². The van der Waals surface area contributed by atoms with E-state index in [1.54, 1.807) is 12.4 Å². The Morgan fingerprint density at radius 1 is 1.08 bits per heavy atom. The maximum Gasteiger partial charge on any atom is 0.326 e. The van der Waals surface area contributed by atoms with Crippen molar-refractivity contribution in [3.63, 3.8) is 0 Å². The molecule has 0 spiro atoms. The zero-order valence-corrected chi connectivity index (χ0v) is 20.5. The summed E-state index contributed by atoms with van der Waals surface area (Å²) in [5.41, 5.74) is 5.24. The molecule has 1 aliphatic heterocycles. The molecule has 4 rings (SSSR count). The second-order valence-corrected chi connectivity index (χ2v) is 9.06. The minimum Gasteiger partial charge on any atom is -0.480 e. The molecular weight excluding hydrogens is 452 g/mol. The Bertz CT molecular complexity index is 1150. The fourth-order valence-corrected chi connectivity index (χ4v) is 4.23. The SMILES string of the molecule is C=C(CCCCc1ccc2c(n1)NCCC2)NCC[C@H](Nc1ncc(-c2ccccc2)cn1)C(=O)O. The highest BCUT2D eigenvalue weighted by Gasteiger charge is 2.18. The van der Waals surface area contributed by atoms with Crippen LogP contribution < -0.4 is 16.0 Å². The molecule has 3 heterocycles. The number of aliphatic carboxylic acids is 1. The van der Waals surface area contributed by atoms with E-state index in [9.17, 15) is 9.90 Å². The molecule has 1 aliphatic rings. The van der Waals surface area contributed by atoms with Gasteiger partial charge >= 0.3 is 5.97 Å². The average molecular weight is 487 g/mol. The highest BCUT2D eigenvalue weighted by Crippen LogP contribution is 2.21. The van der Waals surface area contributed by atoms with Gasteiger partial charge in [-0.15, -0.1) is 0 Å². The number of hydrogen-bond acceptors (Lipinski definition) is 7. The summed E-state index contributed by atoms with van der Waals surface area (Å²) in [6, 6.07) is 13.3. The number of unbranched alkanes of at least 4 members (excludes halogenated alkanes) is 1. The van der Waals surface area contributed by atoms with Crippen LogP contribution in [0, 0.1) is 0 Å². The van der Waals surface area contributed by atoms with E-state index in [-0.39, 0.29) is 0 Å². The molecular formula is C28H34N6O2. The van der Waals surface area contributed by atoms with Crippen molar-refractivity contribution in [2.24, 2.45) is 0 Å². The number of carbonyl (C=O) groups is 1. The standard InChI is InChI=1S/C28H34N6O2/c1-20(8-5-6-12-24-14-13-22-11-7-16-30-26(22)33-24)29-17-15-25(27(35)36)34-28-31-18-23(19-32-28)21-9-3-2-4-10-21/h2-4,9-10,13-14,18-19,25,29H,1,5-8,11-12,15-17H2,(H,30,33)(H,35,36)(H,31,32,34)/t25-/m0/s1. The smallest absolute Gasteiger partial charge is 0.326 e. The number of carboxylic acid groups (broad SMARTS) is 1. The van der Waals surface area contributed by atoms with Gasteiger partial charge in [0.25, 0.3) is 0 Å². The Hall–Kier alpha value is -3.94. The molecule has 188 valence electrons. The van der Waals surface area contributed by atoms with Gasteiger partial charge in [-0.1, -0.05) is 43.0 Å². The summed E-state index contributed by atoms with van der Waals surface area (Å²) in [5, 5.41) is 19.2. The first-order valence-electron chi connectivity index (χ1n) is 12.6.